The third kappa shape index (κ3) is 3.55. The van der Waals surface area contributed by atoms with E-state index in [0.717, 1.165) is 5.56 Å². The van der Waals surface area contributed by atoms with E-state index in [4.69, 9.17) is 5.73 Å². The molecule has 21 heavy (non-hydrogen) atoms. The standard InChI is InChI=1S/C14H15BrN2O3S/c1-17(9-10-2-5-12(18)6-3-10)21(19,20)14-8-11(15)4-7-13(14)16/h2-8,18H,9,16H2,1H3. The van der Waals surface area contributed by atoms with Crippen molar-refractivity contribution in [2.24, 2.45) is 0 Å². The number of phenols is 1. The number of nitrogen functional groups attached to an aromatic ring is 1. The van der Waals surface area contributed by atoms with Crippen LogP contribution in [0.5, 0.6) is 5.75 Å². The van der Waals surface area contributed by atoms with E-state index in [9.17, 15) is 13.5 Å². The number of phenolic OH excluding ortho intramolecular Hbond substituents is 1. The summed E-state index contributed by atoms with van der Waals surface area (Å²) in [4.78, 5) is 0.0677. The Labute approximate surface area is 132 Å². The van der Waals surface area contributed by atoms with E-state index in [1.165, 1.54) is 29.6 Å². The molecule has 0 amide bonds. The minimum Gasteiger partial charge on any atom is -0.508 e. The molecule has 0 aliphatic carbocycles. The molecule has 0 aliphatic rings. The molecule has 0 aliphatic heterocycles. The van der Waals surface area contributed by atoms with Crippen molar-refractivity contribution in [2.75, 3.05) is 12.8 Å². The lowest BCUT2D eigenvalue weighted by Gasteiger charge is -2.18. The molecule has 5 nitrogen and oxygen atoms in total. The van der Waals surface area contributed by atoms with Crippen LogP contribution in [0.2, 0.25) is 0 Å². The summed E-state index contributed by atoms with van der Waals surface area (Å²) in [6, 6.07) is 11.1. The van der Waals surface area contributed by atoms with Gasteiger partial charge in [-0.1, -0.05) is 28.1 Å². The number of sulfonamides is 1. The SMILES string of the molecule is CN(Cc1ccc(O)cc1)S(=O)(=O)c1cc(Br)ccc1N. The van der Waals surface area contributed by atoms with Crippen LogP contribution in [0.4, 0.5) is 5.69 Å². The Morgan fingerprint density at radius 1 is 1.19 bits per heavy atom. The number of nitrogens with two attached hydrogens (primary N) is 1. The number of hydrogen-bond acceptors (Lipinski definition) is 4. The van der Waals surface area contributed by atoms with Crippen LogP contribution in [0.3, 0.4) is 0 Å². The highest BCUT2D eigenvalue weighted by Gasteiger charge is 2.23. The van der Waals surface area contributed by atoms with Gasteiger partial charge in [0.2, 0.25) is 10.0 Å². The number of benzene rings is 2. The lowest BCUT2D eigenvalue weighted by Crippen LogP contribution is -2.27. The summed E-state index contributed by atoms with van der Waals surface area (Å²) in [6.45, 7) is 0.189. The van der Waals surface area contributed by atoms with Gasteiger partial charge in [-0.25, -0.2) is 8.42 Å². The van der Waals surface area contributed by atoms with E-state index >= 15 is 0 Å². The number of nitrogens with zero attached hydrogens (tertiary/aromatic N) is 1. The Bertz CT molecular complexity index is 745. The average Bonchev–Trinajstić information content (AvgIpc) is 2.43. The molecule has 2 aromatic rings. The van der Waals surface area contributed by atoms with E-state index in [0.29, 0.717) is 4.47 Å². The molecule has 0 fully saturated rings. The molecule has 0 bridgehead atoms. The Morgan fingerprint density at radius 3 is 2.43 bits per heavy atom. The minimum atomic E-state index is -3.68. The first-order chi connectivity index (χ1) is 9.80. The number of aromatic hydroxyl groups is 1. The van der Waals surface area contributed by atoms with Crippen molar-refractivity contribution in [3.63, 3.8) is 0 Å². The highest BCUT2D eigenvalue weighted by molar-refractivity contribution is 9.10. The quantitative estimate of drug-likeness (QED) is 0.810. The van der Waals surface area contributed by atoms with Gasteiger partial charge in [0.05, 0.1) is 5.69 Å². The van der Waals surface area contributed by atoms with Crippen LogP contribution in [0.15, 0.2) is 51.8 Å². The van der Waals surface area contributed by atoms with E-state index < -0.39 is 10.0 Å². The van der Waals surface area contributed by atoms with Crippen molar-refractivity contribution in [1.29, 1.82) is 0 Å². The van der Waals surface area contributed by atoms with Gasteiger partial charge in [-0.3, -0.25) is 0 Å². The molecule has 2 rings (SSSR count). The molecule has 0 saturated heterocycles. The largest absolute Gasteiger partial charge is 0.508 e. The third-order valence-corrected chi connectivity index (χ3v) is 5.36. The predicted octanol–water partition coefficient (Wildman–Crippen LogP) is 2.56. The first-order valence-electron chi connectivity index (χ1n) is 6.10. The van der Waals surface area contributed by atoms with Gasteiger partial charge in [-0.15, -0.1) is 0 Å². The predicted molar refractivity (Wildman–Crippen MR) is 85.3 cm³/mol. The van der Waals surface area contributed by atoms with Crippen molar-refractivity contribution in [2.45, 2.75) is 11.4 Å². The van der Waals surface area contributed by atoms with Crippen molar-refractivity contribution < 1.29 is 13.5 Å². The molecular formula is C14H15BrN2O3S. The van der Waals surface area contributed by atoms with Crippen LogP contribution in [0.1, 0.15) is 5.56 Å². The zero-order chi connectivity index (χ0) is 15.6. The monoisotopic (exact) mass is 370 g/mol. The molecule has 0 saturated carbocycles. The Balaban J connectivity index is 2.30. The normalized spacial score (nSPS) is 11.8. The van der Waals surface area contributed by atoms with Gasteiger partial charge >= 0.3 is 0 Å². The highest BCUT2D eigenvalue weighted by Crippen LogP contribution is 2.26. The van der Waals surface area contributed by atoms with E-state index in [1.54, 1.807) is 24.3 Å². The summed E-state index contributed by atoms with van der Waals surface area (Å²) >= 11 is 3.25. The molecule has 0 unspecified atom stereocenters. The average molecular weight is 371 g/mol. The molecule has 7 heteroatoms. The fourth-order valence-electron chi connectivity index (χ4n) is 1.84. The van der Waals surface area contributed by atoms with E-state index in [1.807, 2.05) is 0 Å². The maximum absolute atomic E-state index is 12.6. The fourth-order valence-corrected chi connectivity index (χ4v) is 3.65. The van der Waals surface area contributed by atoms with Crippen LogP contribution in [-0.2, 0) is 16.6 Å². The fraction of sp³-hybridized carbons (Fsp3) is 0.143. The van der Waals surface area contributed by atoms with Gasteiger partial charge in [0, 0.05) is 18.1 Å². The molecule has 0 radical (unpaired) electrons. The first-order valence-corrected chi connectivity index (χ1v) is 8.33. The summed E-state index contributed by atoms with van der Waals surface area (Å²) in [5.74, 6) is 0.139. The molecular weight excluding hydrogens is 356 g/mol. The summed E-state index contributed by atoms with van der Waals surface area (Å²) < 4.78 is 27.0. The van der Waals surface area contributed by atoms with E-state index in [2.05, 4.69) is 15.9 Å². The molecule has 0 atom stereocenters. The van der Waals surface area contributed by atoms with Crippen molar-refractivity contribution in [1.82, 2.24) is 4.31 Å². The van der Waals surface area contributed by atoms with Crippen LogP contribution in [-0.4, -0.2) is 24.9 Å². The zero-order valence-corrected chi connectivity index (χ0v) is 13.7. The molecule has 3 N–H and O–H groups in total. The minimum absolute atomic E-state index is 0.0677. The molecule has 112 valence electrons. The Kier molecular flexibility index (Phi) is 4.55. The second-order valence-electron chi connectivity index (χ2n) is 4.61. The summed E-state index contributed by atoms with van der Waals surface area (Å²) in [5.41, 5.74) is 6.74. The lowest BCUT2D eigenvalue weighted by molar-refractivity contribution is 0.464. The first kappa shape index (κ1) is 15.8. The van der Waals surface area contributed by atoms with Crippen LogP contribution in [0, 0.1) is 0 Å². The number of halogens is 1. The van der Waals surface area contributed by atoms with Gasteiger partial charge in [0.25, 0.3) is 0 Å². The number of anilines is 1. The highest BCUT2D eigenvalue weighted by atomic mass is 79.9. The summed E-state index contributed by atoms with van der Waals surface area (Å²) in [7, 11) is -2.20. The van der Waals surface area contributed by atoms with Crippen LogP contribution in [0.25, 0.3) is 0 Å². The molecule has 0 heterocycles. The van der Waals surface area contributed by atoms with Crippen molar-refractivity contribution >= 4 is 31.6 Å². The Hall–Kier alpha value is -1.57. The molecule has 0 spiro atoms. The van der Waals surface area contributed by atoms with Gasteiger partial charge in [0.1, 0.15) is 10.6 Å². The second-order valence-corrected chi connectivity index (χ2v) is 7.54. The number of hydrogen-bond donors (Lipinski definition) is 2. The maximum Gasteiger partial charge on any atom is 0.245 e. The zero-order valence-electron chi connectivity index (χ0n) is 11.3. The van der Waals surface area contributed by atoms with Gasteiger partial charge in [0.15, 0.2) is 0 Å². The van der Waals surface area contributed by atoms with Gasteiger partial charge in [-0.2, -0.15) is 4.31 Å². The molecule has 2 aromatic carbocycles. The van der Waals surface area contributed by atoms with Crippen LogP contribution >= 0.6 is 15.9 Å². The topological polar surface area (TPSA) is 83.6 Å². The maximum atomic E-state index is 12.6. The van der Waals surface area contributed by atoms with Crippen molar-refractivity contribution in [3.8, 4) is 5.75 Å². The Morgan fingerprint density at radius 2 is 1.81 bits per heavy atom. The third-order valence-electron chi connectivity index (χ3n) is 3.01. The van der Waals surface area contributed by atoms with Gasteiger partial charge < -0.3 is 10.8 Å². The summed E-state index contributed by atoms with van der Waals surface area (Å²) in [5, 5.41) is 9.24. The van der Waals surface area contributed by atoms with Crippen molar-refractivity contribution in [3.05, 3.63) is 52.5 Å². The summed E-state index contributed by atoms with van der Waals surface area (Å²) in [6.07, 6.45) is 0. The van der Waals surface area contributed by atoms with Crippen LogP contribution < -0.4 is 5.73 Å². The second kappa shape index (κ2) is 6.05. The van der Waals surface area contributed by atoms with Gasteiger partial charge in [-0.05, 0) is 35.9 Å². The number of rotatable bonds is 4. The lowest BCUT2D eigenvalue weighted by atomic mass is 10.2. The smallest absolute Gasteiger partial charge is 0.245 e. The van der Waals surface area contributed by atoms with E-state index in [-0.39, 0.29) is 22.9 Å². The molecule has 0 aromatic heterocycles.